The normalized spacial score (nSPS) is 12.6. The van der Waals surface area contributed by atoms with E-state index in [-0.39, 0.29) is 11.8 Å². The molecule has 1 amide bonds. The fourth-order valence-electron chi connectivity index (χ4n) is 2.90. The van der Waals surface area contributed by atoms with Crippen molar-refractivity contribution in [1.29, 1.82) is 0 Å². The third-order valence-corrected chi connectivity index (χ3v) is 6.39. The van der Waals surface area contributed by atoms with Crippen molar-refractivity contribution in [1.82, 2.24) is 10.3 Å². The van der Waals surface area contributed by atoms with Gasteiger partial charge in [-0.1, -0.05) is 20.8 Å². The first kappa shape index (κ1) is 19.3. The topological polar surface area (TPSA) is 54.1 Å². The molecule has 0 radical (unpaired) electrons. The molecular formula is C18H24Br2N2O2. The van der Waals surface area contributed by atoms with E-state index in [1.54, 1.807) is 7.11 Å². The summed E-state index contributed by atoms with van der Waals surface area (Å²) < 4.78 is 7.31. The lowest BCUT2D eigenvalue weighted by molar-refractivity contribution is -0.121. The van der Waals surface area contributed by atoms with Crippen LogP contribution in [-0.2, 0) is 4.79 Å². The number of H-pyrrole nitrogens is 1. The van der Waals surface area contributed by atoms with E-state index >= 15 is 0 Å². The van der Waals surface area contributed by atoms with Gasteiger partial charge < -0.3 is 15.0 Å². The molecule has 1 unspecified atom stereocenters. The van der Waals surface area contributed by atoms with Crippen LogP contribution in [0.2, 0.25) is 0 Å². The number of carbonyl (C=O) groups is 1. The van der Waals surface area contributed by atoms with Gasteiger partial charge in [-0.15, -0.1) is 0 Å². The van der Waals surface area contributed by atoms with Crippen molar-refractivity contribution in [3.05, 3.63) is 26.8 Å². The molecule has 0 saturated carbocycles. The Kier molecular flexibility index (Phi) is 6.75. The predicted octanol–water partition coefficient (Wildman–Crippen LogP) is 5.36. The first-order chi connectivity index (χ1) is 11.4. The number of amides is 1. The highest BCUT2D eigenvalue weighted by Crippen LogP contribution is 2.41. The number of hydrogen-bond acceptors (Lipinski definition) is 2. The summed E-state index contributed by atoms with van der Waals surface area (Å²) in [5.41, 5.74) is 2.23. The van der Waals surface area contributed by atoms with E-state index in [4.69, 9.17) is 4.74 Å². The zero-order valence-corrected chi connectivity index (χ0v) is 17.7. The van der Waals surface area contributed by atoms with Gasteiger partial charge in [-0.05, 0) is 55.8 Å². The third-order valence-electron chi connectivity index (χ3n) is 4.28. The Morgan fingerprint density at radius 3 is 2.62 bits per heavy atom. The number of fused-ring (bicyclic) bond motifs is 1. The maximum absolute atomic E-state index is 11.8. The quantitative estimate of drug-likeness (QED) is 0.585. The van der Waals surface area contributed by atoms with E-state index in [2.05, 4.69) is 56.0 Å². The van der Waals surface area contributed by atoms with E-state index in [1.807, 2.05) is 19.2 Å². The van der Waals surface area contributed by atoms with Gasteiger partial charge in [0.2, 0.25) is 5.91 Å². The van der Waals surface area contributed by atoms with Crippen LogP contribution < -0.4 is 10.1 Å². The highest BCUT2D eigenvalue weighted by atomic mass is 79.9. The molecule has 0 saturated heterocycles. The zero-order chi connectivity index (χ0) is 17.9. The van der Waals surface area contributed by atoms with Crippen molar-refractivity contribution in [3.8, 4) is 5.75 Å². The van der Waals surface area contributed by atoms with Gasteiger partial charge in [-0.3, -0.25) is 4.79 Å². The lowest BCUT2D eigenvalue weighted by Crippen LogP contribution is -2.30. The van der Waals surface area contributed by atoms with E-state index < -0.39 is 0 Å². The number of methoxy groups -OCH3 is 1. The maximum Gasteiger partial charge on any atom is 0.220 e. The van der Waals surface area contributed by atoms with Crippen LogP contribution in [0.15, 0.2) is 21.2 Å². The molecule has 2 aromatic rings. The van der Waals surface area contributed by atoms with E-state index in [0.29, 0.717) is 18.9 Å². The summed E-state index contributed by atoms with van der Waals surface area (Å²) in [6.07, 6.45) is 3.48. The number of carbonyl (C=O) groups excluding carboxylic acids is 1. The molecular weight excluding hydrogens is 436 g/mol. The molecule has 0 bridgehead atoms. The number of benzene rings is 1. The number of halogens is 2. The van der Waals surface area contributed by atoms with Gasteiger partial charge in [-0.2, -0.15) is 0 Å². The second-order valence-electron chi connectivity index (χ2n) is 6.28. The molecule has 1 atom stereocenters. The number of aromatic amines is 1. The minimum Gasteiger partial charge on any atom is -0.496 e. The maximum atomic E-state index is 11.8. The average molecular weight is 460 g/mol. The van der Waals surface area contributed by atoms with E-state index in [9.17, 15) is 4.79 Å². The number of rotatable bonds is 7. The van der Waals surface area contributed by atoms with E-state index in [0.717, 1.165) is 32.0 Å². The molecule has 0 fully saturated rings. The molecule has 1 heterocycles. The van der Waals surface area contributed by atoms with Gasteiger partial charge in [0.15, 0.2) is 0 Å². The molecule has 132 valence electrons. The summed E-state index contributed by atoms with van der Waals surface area (Å²) in [7, 11) is 1.66. The predicted molar refractivity (Wildman–Crippen MR) is 106 cm³/mol. The summed E-state index contributed by atoms with van der Waals surface area (Å²) in [5, 5.41) is 4.18. The molecule has 1 aromatic heterocycles. The van der Waals surface area contributed by atoms with Crippen molar-refractivity contribution in [3.63, 3.8) is 0 Å². The fourth-order valence-corrected chi connectivity index (χ4v) is 3.90. The monoisotopic (exact) mass is 458 g/mol. The first-order valence-electron chi connectivity index (χ1n) is 8.20. The van der Waals surface area contributed by atoms with Crippen LogP contribution in [0.3, 0.4) is 0 Å². The zero-order valence-electron chi connectivity index (χ0n) is 14.5. The Bertz CT molecular complexity index is 725. The second kappa shape index (κ2) is 8.39. The Balaban J connectivity index is 2.40. The smallest absolute Gasteiger partial charge is 0.220 e. The first-order valence-corrected chi connectivity index (χ1v) is 9.78. The molecule has 24 heavy (non-hydrogen) atoms. The van der Waals surface area contributed by atoms with Crippen LogP contribution in [-0.4, -0.2) is 24.5 Å². The van der Waals surface area contributed by atoms with Gasteiger partial charge in [0, 0.05) is 30.5 Å². The van der Waals surface area contributed by atoms with Crippen molar-refractivity contribution in [2.24, 2.45) is 5.92 Å². The number of nitrogens with one attached hydrogen (secondary N) is 2. The number of aromatic nitrogens is 1. The van der Waals surface area contributed by atoms with Crippen LogP contribution >= 0.6 is 31.9 Å². The van der Waals surface area contributed by atoms with Gasteiger partial charge >= 0.3 is 0 Å². The number of hydrogen-bond donors (Lipinski definition) is 2. The number of ether oxygens (including phenoxy) is 1. The standard InChI is InChI=1S/C18H24Br2N2O2/c1-5-6-15(23)21-8-12(10(2)3)13-9-22-18-11(13)7-14(24-4)16(19)17(18)20/h7,9-10,12,22H,5-6,8H2,1-4H3,(H,21,23). The average Bonchev–Trinajstić information content (AvgIpc) is 2.95. The Labute approximate surface area is 160 Å². The molecule has 0 aliphatic heterocycles. The summed E-state index contributed by atoms with van der Waals surface area (Å²) >= 11 is 7.18. The minimum atomic E-state index is 0.115. The van der Waals surface area contributed by atoms with Crippen LogP contribution in [0.25, 0.3) is 10.9 Å². The highest BCUT2D eigenvalue weighted by molar-refractivity contribution is 9.13. The highest BCUT2D eigenvalue weighted by Gasteiger charge is 2.22. The van der Waals surface area contributed by atoms with Gasteiger partial charge in [0.1, 0.15) is 5.75 Å². The Hall–Kier alpha value is -1.01. The Morgan fingerprint density at radius 1 is 1.33 bits per heavy atom. The lowest BCUT2D eigenvalue weighted by atomic mass is 9.88. The minimum absolute atomic E-state index is 0.115. The van der Waals surface area contributed by atoms with Crippen LogP contribution in [0.5, 0.6) is 5.75 Å². The van der Waals surface area contributed by atoms with Crippen molar-refractivity contribution in [2.45, 2.75) is 39.5 Å². The lowest BCUT2D eigenvalue weighted by Gasteiger charge is -2.21. The SMILES string of the molecule is CCCC(=O)NCC(c1c[nH]c2c(Br)c(Br)c(OC)cc12)C(C)C. The summed E-state index contributed by atoms with van der Waals surface area (Å²) in [6, 6.07) is 2.04. The Morgan fingerprint density at radius 2 is 2.04 bits per heavy atom. The molecule has 6 heteroatoms. The van der Waals surface area contributed by atoms with Crippen LogP contribution in [0.4, 0.5) is 0 Å². The van der Waals surface area contributed by atoms with E-state index in [1.165, 1.54) is 5.56 Å². The van der Waals surface area contributed by atoms with Gasteiger partial charge in [0.05, 0.1) is 21.6 Å². The molecule has 0 aliphatic carbocycles. The van der Waals surface area contributed by atoms with Crippen molar-refractivity contribution >= 4 is 48.7 Å². The van der Waals surface area contributed by atoms with Gasteiger partial charge in [-0.25, -0.2) is 0 Å². The molecule has 0 aliphatic rings. The fraction of sp³-hybridized carbons (Fsp3) is 0.500. The molecule has 4 nitrogen and oxygen atoms in total. The molecule has 2 rings (SSSR count). The second-order valence-corrected chi connectivity index (χ2v) is 7.86. The summed E-state index contributed by atoms with van der Waals surface area (Å²) in [5.74, 6) is 1.54. The summed E-state index contributed by atoms with van der Waals surface area (Å²) in [4.78, 5) is 15.2. The largest absolute Gasteiger partial charge is 0.496 e. The van der Waals surface area contributed by atoms with Crippen molar-refractivity contribution < 1.29 is 9.53 Å². The van der Waals surface area contributed by atoms with Crippen molar-refractivity contribution in [2.75, 3.05) is 13.7 Å². The molecule has 1 aromatic carbocycles. The third kappa shape index (κ3) is 3.97. The summed E-state index contributed by atoms with van der Waals surface area (Å²) in [6.45, 7) is 7.02. The molecule has 0 spiro atoms. The van der Waals surface area contributed by atoms with Crippen LogP contribution in [0.1, 0.15) is 45.1 Å². The molecule has 2 N–H and O–H groups in total. The van der Waals surface area contributed by atoms with Gasteiger partial charge in [0.25, 0.3) is 0 Å². The van der Waals surface area contributed by atoms with Crippen LogP contribution in [0, 0.1) is 5.92 Å².